The van der Waals surface area contributed by atoms with Crippen LogP contribution < -0.4 is 5.32 Å². The molecular formula is C18H24N4O3S. The van der Waals surface area contributed by atoms with Gasteiger partial charge in [-0.25, -0.2) is 8.42 Å². The van der Waals surface area contributed by atoms with E-state index in [9.17, 15) is 13.2 Å². The van der Waals surface area contributed by atoms with E-state index >= 15 is 0 Å². The summed E-state index contributed by atoms with van der Waals surface area (Å²) in [6.45, 7) is 3.66. The van der Waals surface area contributed by atoms with E-state index in [1.54, 1.807) is 0 Å². The number of hydrogen-bond acceptors (Lipinski definition) is 4. The summed E-state index contributed by atoms with van der Waals surface area (Å²) in [5.41, 5.74) is 2.74. The lowest BCUT2D eigenvalue weighted by atomic mass is 9.97. The second kappa shape index (κ2) is 7.59. The molecule has 1 aliphatic heterocycles. The second-order valence-corrected chi connectivity index (χ2v) is 8.72. The normalized spacial score (nSPS) is 16.1. The van der Waals surface area contributed by atoms with Gasteiger partial charge in [0.05, 0.1) is 37.3 Å². The highest BCUT2D eigenvalue weighted by molar-refractivity contribution is 7.88. The van der Waals surface area contributed by atoms with Crippen LogP contribution in [-0.4, -0.2) is 41.2 Å². The Balaban J connectivity index is 1.54. The van der Waals surface area contributed by atoms with E-state index in [1.807, 2.05) is 48.0 Å². The largest absolute Gasteiger partial charge is 0.350 e. The number of rotatable bonds is 6. The molecule has 0 radical (unpaired) electrons. The molecule has 0 saturated heterocycles. The summed E-state index contributed by atoms with van der Waals surface area (Å²) in [5.74, 6) is 0.125. The van der Waals surface area contributed by atoms with E-state index in [4.69, 9.17) is 0 Å². The van der Waals surface area contributed by atoms with Crippen LogP contribution in [0.5, 0.6) is 0 Å². The maximum atomic E-state index is 12.2. The van der Waals surface area contributed by atoms with Crippen LogP contribution in [-0.2, 0) is 34.5 Å². The van der Waals surface area contributed by atoms with Crippen LogP contribution in [0.2, 0.25) is 0 Å². The van der Waals surface area contributed by atoms with Crippen molar-refractivity contribution in [1.82, 2.24) is 19.4 Å². The monoisotopic (exact) mass is 376 g/mol. The maximum absolute atomic E-state index is 12.2. The van der Waals surface area contributed by atoms with Crippen molar-refractivity contribution in [2.24, 2.45) is 0 Å². The molecular weight excluding hydrogens is 352 g/mol. The van der Waals surface area contributed by atoms with Gasteiger partial charge < -0.3 is 5.32 Å². The molecule has 1 aromatic carbocycles. The van der Waals surface area contributed by atoms with Gasteiger partial charge in [-0.3, -0.25) is 9.48 Å². The van der Waals surface area contributed by atoms with E-state index in [2.05, 4.69) is 10.4 Å². The minimum Gasteiger partial charge on any atom is -0.350 e. The summed E-state index contributed by atoms with van der Waals surface area (Å²) >= 11 is 0. The topological polar surface area (TPSA) is 84.3 Å². The molecule has 1 atom stereocenters. The standard InChI is InChI=1S/C18H24N4O3S/c1-14(15-6-4-3-5-7-15)10-18(23)19-12-16-11-17-13-21(26(2,24)25)8-9-22(17)20-16/h3-7,11,14H,8-10,12-13H2,1-2H3,(H,19,23). The molecule has 1 amide bonds. The lowest BCUT2D eigenvalue weighted by Crippen LogP contribution is -2.37. The quantitative estimate of drug-likeness (QED) is 0.827. The van der Waals surface area contributed by atoms with Crippen molar-refractivity contribution in [2.75, 3.05) is 12.8 Å². The number of fused-ring (bicyclic) bond motifs is 1. The predicted molar refractivity (Wildman–Crippen MR) is 98.8 cm³/mol. The number of hydrogen-bond donors (Lipinski definition) is 1. The zero-order chi connectivity index (χ0) is 18.7. The van der Waals surface area contributed by atoms with E-state index in [0.717, 1.165) is 17.0 Å². The Morgan fingerprint density at radius 1 is 1.27 bits per heavy atom. The van der Waals surface area contributed by atoms with Crippen molar-refractivity contribution in [3.63, 3.8) is 0 Å². The first-order valence-electron chi connectivity index (χ1n) is 8.65. The highest BCUT2D eigenvalue weighted by Crippen LogP contribution is 2.19. The molecule has 26 heavy (non-hydrogen) atoms. The Bertz CT molecular complexity index is 877. The third kappa shape index (κ3) is 4.50. The first kappa shape index (κ1) is 18.6. The molecule has 0 fully saturated rings. The van der Waals surface area contributed by atoms with Gasteiger partial charge in [0, 0.05) is 13.0 Å². The van der Waals surface area contributed by atoms with Crippen LogP contribution in [0.4, 0.5) is 0 Å². The molecule has 1 aliphatic rings. The maximum Gasteiger partial charge on any atom is 0.220 e. The number of nitrogens with one attached hydrogen (secondary N) is 1. The molecule has 0 aliphatic carbocycles. The number of nitrogens with zero attached hydrogens (tertiary/aromatic N) is 3. The fraction of sp³-hybridized carbons (Fsp3) is 0.444. The molecule has 0 bridgehead atoms. The Hall–Kier alpha value is -2.19. The average molecular weight is 376 g/mol. The van der Waals surface area contributed by atoms with Gasteiger partial charge in [0.15, 0.2) is 0 Å². The van der Waals surface area contributed by atoms with Gasteiger partial charge in [-0.15, -0.1) is 0 Å². The van der Waals surface area contributed by atoms with Crippen LogP contribution in [0.1, 0.15) is 36.2 Å². The summed E-state index contributed by atoms with van der Waals surface area (Å²) in [6.07, 6.45) is 1.63. The highest BCUT2D eigenvalue weighted by atomic mass is 32.2. The molecule has 8 heteroatoms. The van der Waals surface area contributed by atoms with Crippen LogP contribution in [0.15, 0.2) is 36.4 Å². The van der Waals surface area contributed by atoms with Crippen LogP contribution in [0, 0.1) is 0 Å². The third-order valence-electron chi connectivity index (χ3n) is 4.61. The van der Waals surface area contributed by atoms with Gasteiger partial charge in [-0.2, -0.15) is 9.40 Å². The van der Waals surface area contributed by atoms with Crippen molar-refractivity contribution >= 4 is 15.9 Å². The van der Waals surface area contributed by atoms with Crippen molar-refractivity contribution in [1.29, 1.82) is 0 Å². The van der Waals surface area contributed by atoms with Crippen molar-refractivity contribution < 1.29 is 13.2 Å². The third-order valence-corrected chi connectivity index (χ3v) is 5.86. The number of amides is 1. The van der Waals surface area contributed by atoms with Crippen LogP contribution >= 0.6 is 0 Å². The first-order valence-corrected chi connectivity index (χ1v) is 10.5. The average Bonchev–Trinajstić information content (AvgIpc) is 3.02. The predicted octanol–water partition coefficient (Wildman–Crippen LogP) is 1.47. The van der Waals surface area contributed by atoms with Crippen molar-refractivity contribution in [3.05, 3.63) is 53.3 Å². The minimum atomic E-state index is -3.20. The molecule has 140 valence electrons. The van der Waals surface area contributed by atoms with Gasteiger partial charge in [0.25, 0.3) is 0 Å². The van der Waals surface area contributed by atoms with Crippen LogP contribution in [0.25, 0.3) is 0 Å². The van der Waals surface area contributed by atoms with E-state index in [1.165, 1.54) is 10.6 Å². The van der Waals surface area contributed by atoms with Gasteiger partial charge in [0.2, 0.25) is 15.9 Å². The summed E-state index contributed by atoms with van der Waals surface area (Å²) < 4.78 is 26.6. The lowest BCUT2D eigenvalue weighted by molar-refractivity contribution is -0.121. The molecule has 0 saturated carbocycles. The smallest absolute Gasteiger partial charge is 0.220 e. The van der Waals surface area contributed by atoms with E-state index < -0.39 is 10.0 Å². The second-order valence-electron chi connectivity index (χ2n) is 6.74. The van der Waals surface area contributed by atoms with E-state index in [0.29, 0.717) is 32.6 Å². The molecule has 1 aromatic heterocycles. The SMILES string of the molecule is CC(CC(=O)NCc1cc2n(n1)CCN(S(C)(=O)=O)C2)c1ccccc1. The van der Waals surface area contributed by atoms with Gasteiger partial charge >= 0.3 is 0 Å². The van der Waals surface area contributed by atoms with Gasteiger partial charge in [-0.1, -0.05) is 37.3 Å². The zero-order valence-electron chi connectivity index (χ0n) is 15.1. The molecule has 0 spiro atoms. The number of carbonyl (C=O) groups excluding carboxylic acids is 1. The molecule has 1 unspecified atom stereocenters. The molecule has 2 heterocycles. The number of aromatic nitrogens is 2. The molecule has 1 N–H and O–H groups in total. The van der Waals surface area contributed by atoms with Crippen molar-refractivity contribution in [2.45, 2.75) is 38.9 Å². The molecule has 2 aromatic rings. The highest BCUT2D eigenvalue weighted by Gasteiger charge is 2.24. The first-order chi connectivity index (χ1) is 12.3. The summed E-state index contributed by atoms with van der Waals surface area (Å²) in [4.78, 5) is 12.2. The molecule has 3 rings (SSSR count). The fourth-order valence-electron chi connectivity index (χ4n) is 3.11. The van der Waals surface area contributed by atoms with Crippen LogP contribution in [0.3, 0.4) is 0 Å². The molecule has 7 nitrogen and oxygen atoms in total. The minimum absolute atomic E-state index is 0.0231. The number of carbonyl (C=O) groups is 1. The Labute approximate surface area is 154 Å². The Kier molecular flexibility index (Phi) is 5.43. The fourth-order valence-corrected chi connectivity index (χ4v) is 3.89. The summed E-state index contributed by atoms with van der Waals surface area (Å²) in [5, 5.41) is 7.36. The van der Waals surface area contributed by atoms with Gasteiger partial charge in [-0.05, 0) is 17.5 Å². The number of sulfonamides is 1. The lowest BCUT2D eigenvalue weighted by Gasteiger charge is -2.25. The van der Waals surface area contributed by atoms with E-state index in [-0.39, 0.29) is 11.8 Å². The summed E-state index contributed by atoms with van der Waals surface area (Å²) in [7, 11) is -3.20. The number of benzene rings is 1. The van der Waals surface area contributed by atoms with Gasteiger partial charge in [0.1, 0.15) is 0 Å². The Morgan fingerprint density at radius 2 is 2.00 bits per heavy atom. The zero-order valence-corrected chi connectivity index (χ0v) is 15.9. The summed E-state index contributed by atoms with van der Waals surface area (Å²) in [6, 6.07) is 11.8. The van der Waals surface area contributed by atoms with Crippen molar-refractivity contribution in [3.8, 4) is 0 Å². The Morgan fingerprint density at radius 3 is 2.69 bits per heavy atom.